The van der Waals surface area contributed by atoms with Crippen LogP contribution in [-0.4, -0.2) is 5.78 Å². The molecular formula is C34H46O2S2. The Kier molecular flexibility index (Phi) is 11.2. The third kappa shape index (κ3) is 8.55. The second-order valence-corrected chi connectivity index (χ2v) is 14.6. The highest BCUT2D eigenvalue weighted by atomic mass is 32.2. The first-order valence-electron chi connectivity index (χ1n) is 14.4. The smallest absolute Gasteiger partial charge is 0.218 e. The minimum absolute atomic E-state index is 0.130. The Balaban J connectivity index is 1.88. The molecule has 0 saturated heterocycles. The van der Waals surface area contributed by atoms with Crippen LogP contribution in [0.15, 0.2) is 62.6 Å². The van der Waals surface area contributed by atoms with Gasteiger partial charge >= 0.3 is 0 Å². The van der Waals surface area contributed by atoms with E-state index in [4.69, 9.17) is 0 Å². The van der Waals surface area contributed by atoms with E-state index in [0.29, 0.717) is 34.8 Å². The highest BCUT2D eigenvalue weighted by Crippen LogP contribution is 2.40. The van der Waals surface area contributed by atoms with Crippen LogP contribution >= 0.6 is 23.1 Å². The minimum atomic E-state index is -0.130. The van der Waals surface area contributed by atoms with Crippen molar-refractivity contribution < 1.29 is 9.90 Å². The molecule has 0 aromatic carbocycles. The highest BCUT2D eigenvalue weighted by Gasteiger charge is 2.27. The molecule has 0 spiro atoms. The molecule has 206 valence electrons. The van der Waals surface area contributed by atoms with Gasteiger partial charge in [-0.3, -0.25) is 4.79 Å². The lowest BCUT2D eigenvalue weighted by Crippen LogP contribution is -2.29. The summed E-state index contributed by atoms with van der Waals surface area (Å²) in [5.74, 6) is 1.95. The number of carbonyl (C=O) groups is 1. The molecule has 0 bridgehead atoms. The maximum Gasteiger partial charge on any atom is 0.218 e. The van der Waals surface area contributed by atoms with E-state index in [1.807, 2.05) is 29.2 Å². The van der Waals surface area contributed by atoms with Gasteiger partial charge in [-0.2, -0.15) is 0 Å². The lowest BCUT2D eigenvalue weighted by molar-refractivity contribution is -0.300. The Labute approximate surface area is 239 Å². The van der Waals surface area contributed by atoms with Crippen LogP contribution in [0.25, 0.3) is 6.08 Å². The van der Waals surface area contributed by atoms with Crippen LogP contribution in [0.3, 0.4) is 0 Å². The van der Waals surface area contributed by atoms with E-state index in [0.717, 1.165) is 24.0 Å². The van der Waals surface area contributed by atoms with Gasteiger partial charge in [-0.15, -0.1) is 0 Å². The average molecular weight is 551 g/mol. The number of allylic oxidation sites excluding steroid dienone is 8. The Hall–Kier alpha value is -1.91. The molecule has 0 amide bonds. The standard InChI is InChI=1S/C34H46O2S2/c1-21(2)11-9-13-27-15-25(16-28(37-27)14-10-12-22(3)4)17-29-33(35)30(34(29)36)18-26-19-31(23(5)6)38-32(20-26)24(7)8/h15-24H,9-14H2,1-8H3. The van der Waals surface area contributed by atoms with Crippen molar-refractivity contribution in [1.29, 1.82) is 0 Å². The highest BCUT2D eigenvalue weighted by molar-refractivity contribution is 8.06. The molecule has 1 aliphatic heterocycles. The fraction of sp³-hybridized carbons (Fsp3) is 0.529. The Bertz CT molecular complexity index is 1110. The Morgan fingerprint density at radius 1 is 0.816 bits per heavy atom. The third-order valence-electron chi connectivity index (χ3n) is 6.92. The SMILES string of the molecule is CC(C)CCCC1=CC(=CC2=C([O-])C(=Cc3cc(C(C)C)[s+]c(C(C)C)c3)C2=O)C=C(CCCC(C)C)S1. The summed E-state index contributed by atoms with van der Waals surface area (Å²) in [5, 5.41) is 13.1. The summed E-state index contributed by atoms with van der Waals surface area (Å²) in [5.41, 5.74) is 2.57. The normalized spacial score (nSPS) is 17.2. The van der Waals surface area contributed by atoms with Crippen LogP contribution in [0.1, 0.15) is 121 Å². The van der Waals surface area contributed by atoms with Gasteiger partial charge in [0.2, 0.25) is 21.1 Å². The minimum Gasteiger partial charge on any atom is -0.871 e. The van der Waals surface area contributed by atoms with Gasteiger partial charge in [-0.25, -0.2) is 0 Å². The lowest BCUT2D eigenvalue weighted by atomic mass is 9.85. The number of thioether (sulfide) groups is 1. The molecule has 2 heterocycles. The van der Waals surface area contributed by atoms with Gasteiger partial charge in [0.1, 0.15) is 0 Å². The molecule has 2 aliphatic rings. The van der Waals surface area contributed by atoms with Crippen LogP contribution in [-0.2, 0) is 4.79 Å². The molecule has 0 N–H and O–H groups in total. The van der Waals surface area contributed by atoms with Crippen molar-refractivity contribution in [3.8, 4) is 0 Å². The van der Waals surface area contributed by atoms with Gasteiger partial charge in [-0.1, -0.05) is 85.8 Å². The summed E-state index contributed by atoms with van der Waals surface area (Å²) < 4.78 is 0. The fourth-order valence-corrected chi connectivity index (χ4v) is 6.94. The van der Waals surface area contributed by atoms with Crippen molar-refractivity contribution in [3.63, 3.8) is 0 Å². The van der Waals surface area contributed by atoms with E-state index < -0.39 is 0 Å². The van der Waals surface area contributed by atoms with Crippen LogP contribution in [0.4, 0.5) is 0 Å². The lowest BCUT2D eigenvalue weighted by Gasteiger charge is -2.29. The number of carbonyl (C=O) groups excluding carboxylic acids is 1. The van der Waals surface area contributed by atoms with Crippen molar-refractivity contribution in [3.05, 3.63) is 78.0 Å². The summed E-state index contributed by atoms with van der Waals surface area (Å²) in [7, 11) is 0. The molecular weight excluding hydrogens is 505 g/mol. The first-order chi connectivity index (χ1) is 17.9. The van der Waals surface area contributed by atoms with Crippen LogP contribution in [0, 0.1) is 11.8 Å². The van der Waals surface area contributed by atoms with Gasteiger partial charge in [0.15, 0.2) is 5.78 Å². The van der Waals surface area contributed by atoms with Gasteiger partial charge in [0.25, 0.3) is 0 Å². The summed E-state index contributed by atoms with van der Waals surface area (Å²) >= 11 is 3.71. The van der Waals surface area contributed by atoms with Crippen LogP contribution < -0.4 is 5.11 Å². The third-order valence-corrected chi connectivity index (χ3v) is 9.74. The van der Waals surface area contributed by atoms with Crippen molar-refractivity contribution >= 4 is 35.0 Å². The van der Waals surface area contributed by atoms with E-state index in [9.17, 15) is 9.90 Å². The monoisotopic (exact) mass is 550 g/mol. The molecule has 0 unspecified atom stereocenters. The maximum absolute atomic E-state index is 13.1. The summed E-state index contributed by atoms with van der Waals surface area (Å²) in [6.45, 7) is 17.8. The van der Waals surface area contributed by atoms with Crippen molar-refractivity contribution in [1.82, 2.24) is 0 Å². The summed E-state index contributed by atoms with van der Waals surface area (Å²) in [4.78, 5) is 18.4. The van der Waals surface area contributed by atoms with Gasteiger partial charge in [0.05, 0.1) is 0 Å². The first kappa shape index (κ1) is 30.6. The topological polar surface area (TPSA) is 40.1 Å². The zero-order valence-corrected chi connectivity index (χ0v) is 26.3. The average Bonchev–Trinajstić information content (AvgIpc) is 2.85. The van der Waals surface area contributed by atoms with Crippen molar-refractivity contribution in [2.24, 2.45) is 11.8 Å². The molecule has 4 heteroatoms. The quantitative estimate of drug-likeness (QED) is 0.192. The predicted molar refractivity (Wildman–Crippen MR) is 166 cm³/mol. The van der Waals surface area contributed by atoms with Gasteiger partial charge in [-0.05, 0) is 82.8 Å². The summed E-state index contributed by atoms with van der Waals surface area (Å²) in [6.07, 6.45) is 14.9. The molecule has 0 atom stereocenters. The molecule has 0 saturated carbocycles. The number of Topliss-reactive ketones (excluding diaryl/α,β-unsaturated/α-hetero) is 1. The van der Waals surface area contributed by atoms with Crippen molar-refractivity contribution in [2.45, 2.75) is 106 Å². The number of ketones is 1. The van der Waals surface area contributed by atoms with E-state index in [2.05, 4.69) is 79.7 Å². The number of hydrogen-bond donors (Lipinski definition) is 0. The first-order valence-corrected chi connectivity index (χ1v) is 16.0. The zero-order chi connectivity index (χ0) is 28.0. The van der Waals surface area contributed by atoms with Gasteiger partial charge < -0.3 is 5.11 Å². The van der Waals surface area contributed by atoms with Crippen molar-refractivity contribution in [2.75, 3.05) is 0 Å². The van der Waals surface area contributed by atoms with E-state index in [1.54, 1.807) is 6.08 Å². The van der Waals surface area contributed by atoms with Crippen LogP contribution in [0.2, 0.25) is 0 Å². The Morgan fingerprint density at radius 2 is 1.32 bits per heavy atom. The van der Waals surface area contributed by atoms with E-state index in [-0.39, 0.29) is 11.5 Å². The van der Waals surface area contributed by atoms with Gasteiger partial charge in [0, 0.05) is 35.1 Å². The zero-order valence-electron chi connectivity index (χ0n) is 24.6. The molecule has 3 rings (SSSR count). The predicted octanol–water partition coefficient (Wildman–Crippen LogP) is 9.95. The molecule has 2 nitrogen and oxygen atoms in total. The molecule has 1 aromatic rings. The fourth-order valence-electron chi connectivity index (χ4n) is 4.59. The van der Waals surface area contributed by atoms with E-state index in [1.165, 1.54) is 45.2 Å². The largest absolute Gasteiger partial charge is 0.871 e. The number of rotatable bonds is 12. The number of hydrogen-bond acceptors (Lipinski definition) is 3. The molecule has 0 radical (unpaired) electrons. The molecule has 38 heavy (non-hydrogen) atoms. The second-order valence-electron chi connectivity index (χ2n) is 12.2. The maximum atomic E-state index is 13.1. The Morgan fingerprint density at radius 3 is 1.74 bits per heavy atom. The second kappa shape index (κ2) is 13.9. The molecule has 1 aromatic heterocycles. The molecule has 0 fully saturated rings. The van der Waals surface area contributed by atoms with Crippen LogP contribution in [0.5, 0.6) is 0 Å². The van der Waals surface area contributed by atoms with E-state index >= 15 is 0 Å². The molecule has 1 aliphatic carbocycles. The summed E-state index contributed by atoms with van der Waals surface area (Å²) in [6, 6.07) is 4.25.